The van der Waals surface area contributed by atoms with E-state index in [2.05, 4.69) is 23.3 Å². The Kier molecular flexibility index (Phi) is 10.0. The van der Waals surface area contributed by atoms with Gasteiger partial charge in [-0.3, -0.25) is 4.90 Å². The third-order valence-corrected chi connectivity index (χ3v) is 8.90. The quantitative estimate of drug-likeness (QED) is 0.446. The number of pyridine rings is 1. The molecule has 3 aliphatic heterocycles. The van der Waals surface area contributed by atoms with Crippen LogP contribution >= 0.6 is 0 Å². The summed E-state index contributed by atoms with van der Waals surface area (Å²) in [5, 5.41) is 0. The topological polar surface area (TPSA) is 138 Å². The molecule has 0 saturated carbocycles. The minimum Gasteiger partial charge on any atom is -0.448 e. The summed E-state index contributed by atoms with van der Waals surface area (Å²) < 4.78 is 25.6. The number of rotatable bonds is 8. The highest BCUT2D eigenvalue weighted by Gasteiger charge is 2.38. The minimum absolute atomic E-state index is 0.234. The Labute approximate surface area is 272 Å². The van der Waals surface area contributed by atoms with Crippen LogP contribution in [-0.2, 0) is 44.9 Å². The van der Waals surface area contributed by atoms with Gasteiger partial charge in [-0.05, 0) is 47.5 Å². The molecule has 5 heterocycles. The average molecular weight is 644 g/mol. The fourth-order valence-electron chi connectivity index (χ4n) is 6.22. The van der Waals surface area contributed by atoms with E-state index in [1.807, 2.05) is 34.6 Å². The van der Waals surface area contributed by atoms with Crippen molar-refractivity contribution in [1.29, 1.82) is 0 Å². The van der Waals surface area contributed by atoms with Crippen molar-refractivity contribution in [2.24, 2.45) is 5.41 Å². The molecule has 0 aromatic carbocycles. The monoisotopic (exact) mass is 643 g/mol. The number of ether oxygens (including phenoxy) is 4. The Morgan fingerprint density at radius 3 is 2.33 bits per heavy atom. The molecule has 256 valence electrons. The summed E-state index contributed by atoms with van der Waals surface area (Å²) in [6.07, 6.45) is 2.92. The van der Waals surface area contributed by atoms with Gasteiger partial charge in [0, 0.05) is 63.2 Å². The van der Waals surface area contributed by atoms with Crippen LogP contribution in [0.5, 0.6) is 0 Å². The van der Waals surface area contributed by atoms with Gasteiger partial charge in [-0.15, -0.1) is 0 Å². The number of hydrogen-bond donors (Lipinski definition) is 1. The maximum absolute atomic E-state index is 13.1. The van der Waals surface area contributed by atoms with Crippen LogP contribution in [0, 0.1) is 5.41 Å². The standard InChI is InChI=1S/C33H53N7O6/c1-8-9-10-25-36-26-27(40(25)20-33(7)21-44-32(5,6)45-22-33)23-11-12-39(19-24(23)35-28(26)34)29(41)43-18-17-37-13-15-38(16-14-37)30(42)46-31(2,3)4/h8-22H2,1-7H3,(H2,34,35). The highest BCUT2D eigenvalue weighted by molar-refractivity contribution is 5.89. The number of carbonyl (C=O) groups excluding carboxylic acids is 2. The molecule has 0 spiro atoms. The van der Waals surface area contributed by atoms with Crippen molar-refractivity contribution in [3.05, 3.63) is 17.1 Å². The van der Waals surface area contributed by atoms with Gasteiger partial charge in [0.1, 0.15) is 23.5 Å². The van der Waals surface area contributed by atoms with Crippen molar-refractivity contribution in [3.63, 3.8) is 0 Å². The molecule has 3 aliphatic rings. The summed E-state index contributed by atoms with van der Waals surface area (Å²) in [6.45, 7) is 20.0. The SMILES string of the molecule is CCCCc1nc2c(N)nc3c(c2n1CC1(C)COC(C)(C)OC1)CCN(C(=O)OCCN1CCN(C(=O)OC(C)(C)C)CC1)C3. The molecular formula is C33H53N7O6. The number of imidazole rings is 1. The molecule has 0 radical (unpaired) electrons. The van der Waals surface area contributed by atoms with Crippen molar-refractivity contribution in [3.8, 4) is 0 Å². The zero-order chi connectivity index (χ0) is 33.3. The van der Waals surface area contributed by atoms with Crippen LogP contribution in [0.25, 0.3) is 11.0 Å². The average Bonchev–Trinajstić information content (AvgIpc) is 3.35. The van der Waals surface area contributed by atoms with E-state index in [9.17, 15) is 9.59 Å². The van der Waals surface area contributed by atoms with Gasteiger partial charge in [-0.2, -0.15) is 0 Å². The number of amides is 2. The van der Waals surface area contributed by atoms with Crippen LogP contribution in [0.1, 0.15) is 78.4 Å². The van der Waals surface area contributed by atoms with Crippen LogP contribution < -0.4 is 5.73 Å². The van der Waals surface area contributed by atoms with E-state index in [0.717, 1.165) is 47.4 Å². The van der Waals surface area contributed by atoms with E-state index in [4.69, 9.17) is 34.6 Å². The van der Waals surface area contributed by atoms with E-state index in [1.165, 1.54) is 0 Å². The van der Waals surface area contributed by atoms with Crippen LogP contribution in [0.3, 0.4) is 0 Å². The zero-order valence-corrected chi connectivity index (χ0v) is 28.8. The molecule has 0 aliphatic carbocycles. The van der Waals surface area contributed by atoms with Crippen LogP contribution in [0.15, 0.2) is 0 Å². The third kappa shape index (κ3) is 8.03. The molecule has 2 aromatic rings. The molecule has 5 rings (SSSR count). The highest BCUT2D eigenvalue weighted by atomic mass is 16.7. The van der Waals surface area contributed by atoms with Gasteiger partial charge in [0.2, 0.25) is 0 Å². The number of anilines is 1. The van der Waals surface area contributed by atoms with Gasteiger partial charge in [-0.25, -0.2) is 19.6 Å². The number of nitrogens with two attached hydrogens (primary N) is 1. The summed E-state index contributed by atoms with van der Waals surface area (Å²) in [7, 11) is 0. The summed E-state index contributed by atoms with van der Waals surface area (Å²) in [5.41, 5.74) is 9.40. The van der Waals surface area contributed by atoms with Gasteiger partial charge in [0.05, 0.1) is 31.0 Å². The first kappa shape index (κ1) is 34.2. The number of nitrogen functional groups attached to an aromatic ring is 1. The lowest BCUT2D eigenvalue weighted by molar-refractivity contribution is -0.284. The molecule has 0 atom stereocenters. The maximum Gasteiger partial charge on any atom is 0.410 e. The lowest BCUT2D eigenvalue weighted by atomic mass is 9.91. The number of aromatic nitrogens is 3. The summed E-state index contributed by atoms with van der Waals surface area (Å²) in [5.74, 6) is 0.788. The number of carbonyl (C=O) groups is 2. The van der Waals surface area contributed by atoms with Crippen LogP contribution in [0.2, 0.25) is 0 Å². The summed E-state index contributed by atoms with van der Waals surface area (Å²) in [4.78, 5) is 40.9. The van der Waals surface area contributed by atoms with Crippen molar-refractivity contribution < 1.29 is 28.5 Å². The van der Waals surface area contributed by atoms with Gasteiger partial charge >= 0.3 is 12.2 Å². The van der Waals surface area contributed by atoms with Crippen molar-refractivity contribution in [1.82, 2.24) is 29.2 Å². The van der Waals surface area contributed by atoms with E-state index in [0.29, 0.717) is 77.8 Å². The molecule has 2 aromatic heterocycles. The first-order valence-electron chi connectivity index (χ1n) is 16.7. The Balaban J connectivity index is 1.23. The molecule has 13 heteroatoms. The molecule has 0 unspecified atom stereocenters. The lowest BCUT2D eigenvalue weighted by Gasteiger charge is -2.42. The second-order valence-corrected chi connectivity index (χ2v) is 14.7. The maximum atomic E-state index is 13.1. The summed E-state index contributed by atoms with van der Waals surface area (Å²) in [6, 6.07) is 0. The third-order valence-electron chi connectivity index (χ3n) is 8.90. The number of fused-ring (bicyclic) bond motifs is 3. The fourth-order valence-corrected chi connectivity index (χ4v) is 6.22. The fraction of sp³-hybridized carbons (Fsp3) is 0.758. The van der Waals surface area contributed by atoms with Crippen molar-refractivity contribution >= 4 is 29.0 Å². The van der Waals surface area contributed by atoms with Crippen molar-refractivity contribution in [2.75, 3.05) is 64.8 Å². The predicted molar refractivity (Wildman–Crippen MR) is 174 cm³/mol. The van der Waals surface area contributed by atoms with E-state index < -0.39 is 11.4 Å². The molecule has 0 bridgehead atoms. The predicted octanol–water partition coefficient (Wildman–Crippen LogP) is 4.19. The normalized spacial score (nSPS) is 20.1. The van der Waals surface area contributed by atoms with E-state index in [1.54, 1.807) is 9.80 Å². The van der Waals surface area contributed by atoms with Gasteiger partial charge in [-0.1, -0.05) is 20.3 Å². The number of piperazine rings is 1. The molecule has 2 N–H and O–H groups in total. The van der Waals surface area contributed by atoms with Gasteiger partial charge in [0.25, 0.3) is 0 Å². The van der Waals surface area contributed by atoms with E-state index >= 15 is 0 Å². The van der Waals surface area contributed by atoms with Crippen LogP contribution in [0.4, 0.5) is 15.4 Å². The summed E-state index contributed by atoms with van der Waals surface area (Å²) >= 11 is 0. The number of aryl methyl sites for hydroxylation is 1. The molecule has 13 nitrogen and oxygen atoms in total. The Bertz CT molecular complexity index is 1400. The largest absolute Gasteiger partial charge is 0.448 e. The molecule has 2 amide bonds. The minimum atomic E-state index is -0.593. The molecular weight excluding hydrogens is 590 g/mol. The molecule has 2 fully saturated rings. The van der Waals surface area contributed by atoms with Gasteiger partial charge < -0.3 is 39.0 Å². The van der Waals surface area contributed by atoms with E-state index in [-0.39, 0.29) is 24.2 Å². The first-order valence-corrected chi connectivity index (χ1v) is 16.7. The number of unbranched alkanes of at least 4 members (excludes halogenated alkanes) is 1. The van der Waals surface area contributed by atoms with Crippen molar-refractivity contribution in [2.45, 2.75) is 98.6 Å². The zero-order valence-electron chi connectivity index (χ0n) is 28.8. The Morgan fingerprint density at radius 2 is 1.67 bits per heavy atom. The second-order valence-electron chi connectivity index (χ2n) is 14.7. The van der Waals surface area contributed by atoms with Crippen LogP contribution in [-0.4, -0.2) is 112 Å². The highest BCUT2D eigenvalue weighted by Crippen LogP contribution is 2.36. The number of hydrogen-bond acceptors (Lipinski definition) is 10. The molecule has 46 heavy (non-hydrogen) atoms. The number of nitrogens with zero attached hydrogens (tertiary/aromatic N) is 6. The smallest absolute Gasteiger partial charge is 0.410 e. The van der Waals surface area contributed by atoms with Gasteiger partial charge in [0.15, 0.2) is 11.6 Å². The Hall–Kier alpha value is -3.16. The Morgan fingerprint density at radius 1 is 0.978 bits per heavy atom. The molecule has 2 saturated heterocycles. The first-order chi connectivity index (χ1) is 21.7. The second kappa shape index (κ2) is 13.5. The lowest BCUT2D eigenvalue weighted by Crippen LogP contribution is -2.50.